The Balaban J connectivity index is 1.81. The van der Waals surface area contributed by atoms with Crippen molar-refractivity contribution in [3.05, 3.63) is 35.7 Å². The number of benzene rings is 1. The molecule has 2 rings (SSSR count). The van der Waals surface area contributed by atoms with Gasteiger partial charge in [0.05, 0.1) is 6.61 Å². The molecule has 1 atom stereocenters. The van der Waals surface area contributed by atoms with E-state index in [1.165, 1.54) is 5.56 Å². The highest BCUT2D eigenvalue weighted by Gasteiger charge is 2.07. The van der Waals surface area contributed by atoms with Crippen LogP contribution in [0, 0.1) is 6.92 Å². The molecule has 0 saturated carbocycles. The summed E-state index contributed by atoms with van der Waals surface area (Å²) < 4.78 is 5.72. The lowest BCUT2D eigenvalue weighted by molar-refractivity contribution is 0.304. The van der Waals surface area contributed by atoms with Gasteiger partial charge in [-0.1, -0.05) is 24.6 Å². The van der Waals surface area contributed by atoms with E-state index in [9.17, 15) is 0 Å². The third-order valence-corrected chi connectivity index (χ3v) is 3.23. The molecule has 1 aromatic heterocycles. The van der Waals surface area contributed by atoms with Crippen molar-refractivity contribution >= 4 is 11.9 Å². The Hall–Kier alpha value is -2.37. The summed E-state index contributed by atoms with van der Waals surface area (Å²) in [4.78, 5) is 12.5. The number of aromatic nitrogens is 3. The van der Waals surface area contributed by atoms with Crippen LogP contribution in [0.1, 0.15) is 31.7 Å². The molecule has 0 saturated heterocycles. The number of hydrogen-bond donors (Lipinski definition) is 2. The predicted octanol–water partition coefficient (Wildman–Crippen LogP) is 2.59. The molecule has 1 aromatic carbocycles. The highest BCUT2D eigenvalue weighted by molar-refractivity contribution is 5.32. The van der Waals surface area contributed by atoms with Gasteiger partial charge in [-0.3, -0.25) is 0 Å². The van der Waals surface area contributed by atoms with Crippen molar-refractivity contribution in [2.45, 2.75) is 39.7 Å². The molecule has 22 heavy (non-hydrogen) atoms. The van der Waals surface area contributed by atoms with Crippen molar-refractivity contribution in [2.24, 2.45) is 0 Å². The van der Waals surface area contributed by atoms with Gasteiger partial charge in [0.15, 0.2) is 0 Å². The Bertz CT molecular complexity index is 600. The number of anilines is 2. The summed E-state index contributed by atoms with van der Waals surface area (Å²) in [5.74, 6) is 2.35. The van der Waals surface area contributed by atoms with Gasteiger partial charge in [0.25, 0.3) is 0 Å². The standard InChI is InChI=1S/C16H23N5O/c1-4-14-19-15(17)21-16(20-14)18-12(3)9-10-22-13-7-5-11(2)6-8-13/h5-8,12H,4,9-10H2,1-3H3,(H3,17,18,19,20,21)/t12-/m0/s1. The first kappa shape index (κ1) is 16.0. The first-order chi connectivity index (χ1) is 10.6. The fourth-order valence-electron chi connectivity index (χ4n) is 1.94. The van der Waals surface area contributed by atoms with Gasteiger partial charge in [0.1, 0.15) is 11.6 Å². The van der Waals surface area contributed by atoms with Crippen LogP contribution in [0.4, 0.5) is 11.9 Å². The second kappa shape index (κ2) is 7.59. The van der Waals surface area contributed by atoms with Gasteiger partial charge in [0.2, 0.25) is 11.9 Å². The maximum Gasteiger partial charge on any atom is 0.227 e. The summed E-state index contributed by atoms with van der Waals surface area (Å²) in [6.07, 6.45) is 1.56. The Morgan fingerprint density at radius 2 is 1.91 bits per heavy atom. The fourth-order valence-corrected chi connectivity index (χ4v) is 1.94. The zero-order chi connectivity index (χ0) is 15.9. The Kier molecular flexibility index (Phi) is 5.52. The molecule has 0 unspecified atom stereocenters. The number of nitrogens with zero attached hydrogens (tertiary/aromatic N) is 3. The smallest absolute Gasteiger partial charge is 0.227 e. The van der Waals surface area contributed by atoms with Crippen molar-refractivity contribution in [3.63, 3.8) is 0 Å². The third-order valence-electron chi connectivity index (χ3n) is 3.23. The van der Waals surface area contributed by atoms with Crippen molar-refractivity contribution in [2.75, 3.05) is 17.7 Å². The van der Waals surface area contributed by atoms with Crippen LogP contribution in [0.25, 0.3) is 0 Å². The molecule has 6 nitrogen and oxygen atoms in total. The maximum absolute atomic E-state index is 5.72. The zero-order valence-corrected chi connectivity index (χ0v) is 13.3. The third kappa shape index (κ3) is 4.87. The summed E-state index contributed by atoms with van der Waals surface area (Å²) in [6.45, 7) is 6.72. The van der Waals surface area contributed by atoms with Crippen LogP contribution < -0.4 is 15.8 Å². The quantitative estimate of drug-likeness (QED) is 0.817. The van der Waals surface area contributed by atoms with E-state index in [4.69, 9.17) is 10.5 Å². The number of ether oxygens (including phenoxy) is 1. The van der Waals surface area contributed by atoms with Crippen molar-refractivity contribution in [1.82, 2.24) is 15.0 Å². The largest absolute Gasteiger partial charge is 0.494 e. The monoisotopic (exact) mass is 301 g/mol. The second-order valence-corrected chi connectivity index (χ2v) is 5.28. The van der Waals surface area contributed by atoms with E-state index in [-0.39, 0.29) is 12.0 Å². The highest BCUT2D eigenvalue weighted by Crippen LogP contribution is 2.12. The van der Waals surface area contributed by atoms with E-state index in [2.05, 4.69) is 34.1 Å². The average Bonchev–Trinajstić information content (AvgIpc) is 2.48. The van der Waals surface area contributed by atoms with Crippen LogP contribution in [-0.4, -0.2) is 27.6 Å². The van der Waals surface area contributed by atoms with Crippen LogP contribution >= 0.6 is 0 Å². The van der Waals surface area contributed by atoms with Crippen LogP contribution in [0.5, 0.6) is 5.75 Å². The van der Waals surface area contributed by atoms with Gasteiger partial charge >= 0.3 is 0 Å². The van der Waals surface area contributed by atoms with Gasteiger partial charge in [0, 0.05) is 18.9 Å². The Morgan fingerprint density at radius 3 is 2.59 bits per heavy atom. The lowest BCUT2D eigenvalue weighted by Crippen LogP contribution is -2.21. The Labute approximate surface area is 131 Å². The molecule has 0 bridgehead atoms. The van der Waals surface area contributed by atoms with Crippen LogP contribution in [-0.2, 0) is 6.42 Å². The molecule has 3 N–H and O–H groups in total. The van der Waals surface area contributed by atoms with Crippen molar-refractivity contribution in [1.29, 1.82) is 0 Å². The van der Waals surface area contributed by atoms with Crippen LogP contribution in [0.15, 0.2) is 24.3 Å². The lowest BCUT2D eigenvalue weighted by Gasteiger charge is -2.15. The van der Waals surface area contributed by atoms with Crippen molar-refractivity contribution in [3.8, 4) is 5.75 Å². The molecule has 1 heterocycles. The molecule has 6 heteroatoms. The first-order valence-electron chi connectivity index (χ1n) is 7.53. The van der Waals surface area contributed by atoms with E-state index in [1.807, 2.05) is 31.2 Å². The minimum atomic E-state index is 0.178. The van der Waals surface area contributed by atoms with Gasteiger partial charge in [-0.15, -0.1) is 0 Å². The minimum Gasteiger partial charge on any atom is -0.494 e. The zero-order valence-electron chi connectivity index (χ0n) is 13.3. The normalized spacial score (nSPS) is 12.0. The van der Waals surface area contributed by atoms with Crippen LogP contribution in [0.2, 0.25) is 0 Å². The molecule has 0 fully saturated rings. The highest BCUT2D eigenvalue weighted by atomic mass is 16.5. The SMILES string of the molecule is CCc1nc(N)nc(N[C@@H](C)CCOc2ccc(C)cc2)n1. The molecule has 2 aromatic rings. The average molecular weight is 301 g/mol. The molecule has 0 spiro atoms. The van der Waals surface area contributed by atoms with Gasteiger partial charge < -0.3 is 15.8 Å². The van der Waals surface area contributed by atoms with E-state index in [0.717, 1.165) is 18.6 Å². The van der Waals surface area contributed by atoms with E-state index < -0.39 is 0 Å². The number of nitrogens with two attached hydrogens (primary N) is 1. The lowest BCUT2D eigenvalue weighted by atomic mass is 10.2. The van der Waals surface area contributed by atoms with E-state index in [1.54, 1.807) is 0 Å². The molecule has 0 amide bonds. The van der Waals surface area contributed by atoms with Crippen molar-refractivity contribution < 1.29 is 4.74 Å². The van der Waals surface area contributed by atoms with Gasteiger partial charge in [-0.05, 0) is 26.0 Å². The Morgan fingerprint density at radius 1 is 1.18 bits per heavy atom. The number of nitrogen functional groups attached to an aromatic ring is 1. The minimum absolute atomic E-state index is 0.178. The first-order valence-corrected chi connectivity index (χ1v) is 7.53. The van der Waals surface area contributed by atoms with Gasteiger partial charge in [-0.2, -0.15) is 15.0 Å². The molecule has 0 aliphatic heterocycles. The number of hydrogen-bond acceptors (Lipinski definition) is 6. The molecule has 118 valence electrons. The maximum atomic E-state index is 5.72. The second-order valence-electron chi connectivity index (χ2n) is 5.28. The molecule has 0 aliphatic carbocycles. The summed E-state index contributed by atoms with van der Waals surface area (Å²) in [5, 5.41) is 3.23. The molecule has 0 radical (unpaired) electrons. The summed E-state index contributed by atoms with van der Waals surface area (Å²) in [6, 6.07) is 8.21. The summed E-state index contributed by atoms with van der Waals surface area (Å²) in [5.41, 5.74) is 6.90. The van der Waals surface area contributed by atoms with Crippen LogP contribution in [0.3, 0.4) is 0 Å². The topological polar surface area (TPSA) is 86.0 Å². The van der Waals surface area contributed by atoms with E-state index >= 15 is 0 Å². The number of rotatable bonds is 7. The number of aryl methyl sites for hydroxylation is 2. The summed E-state index contributed by atoms with van der Waals surface area (Å²) >= 11 is 0. The van der Waals surface area contributed by atoms with Gasteiger partial charge in [-0.25, -0.2) is 0 Å². The molecular formula is C16H23N5O. The molecular weight excluding hydrogens is 278 g/mol. The molecule has 0 aliphatic rings. The van der Waals surface area contributed by atoms with E-state index in [0.29, 0.717) is 18.4 Å². The fraction of sp³-hybridized carbons (Fsp3) is 0.438. The number of nitrogens with one attached hydrogen (secondary N) is 1. The summed E-state index contributed by atoms with van der Waals surface area (Å²) in [7, 11) is 0. The predicted molar refractivity (Wildman–Crippen MR) is 88.0 cm³/mol.